The summed E-state index contributed by atoms with van der Waals surface area (Å²) >= 11 is 0. The topological polar surface area (TPSA) is 78.5 Å². The maximum atomic E-state index is 12.5. The third-order valence-electron chi connectivity index (χ3n) is 5.12. The molecule has 0 aliphatic carbocycles. The second kappa shape index (κ2) is 9.37. The fraction of sp³-hybridized carbons (Fsp3) is 0.348. The minimum absolute atomic E-state index is 0.104. The van der Waals surface area contributed by atoms with Gasteiger partial charge >= 0.3 is 0 Å². The van der Waals surface area contributed by atoms with Crippen LogP contribution in [0.25, 0.3) is 0 Å². The van der Waals surface area contributed by atoms with Crippen molar-refractivity contribution in [3.63, 3.8) is 0 Å². The molecule has 2 aromatic rings. The lowest BCUT2D eigenvalue weighted by Crippen LogP contribution is -2.39. The van der Waals surface area contributed by atoms with E-state index in [4.69, 9.17) is 0 Å². The summed E-state index contributed by atoms with van der Waals surface area (Å²) in [6.45, 7) is 4.99. The van der Waals surface area contributed by atoms with Gasteiger partial charge in [0.05, 0.1) is 6.54 Å². The first kappa shape index (κ1) is 20.6. The van der Waals surface area contributed by atoms with E-state index in [0.717, 1.165) is 11.3 Å². The van der Waals surface area contributed by atoms with Gasteiger partial charge < -0.3 is 10.6 Å². The lowest BCUT2D eigenvalue weighted by atomic mass is 10.0. The minimum Gasteiger partial charge on any atom is -0.380 e. The average molecular weight is 393 g/mol. The van der Waals surface area contributed by atoms with E-state index in [0.29, 0.717) is 18.0 Å². The molecule has 152 valence electrons. The quantitative estimate of drug-likeness (QED) is 0.675. The number of nitrogens with one attached hydrogen (secondary N) is 2. The SMILES string of the molecule is CC(C)C(CNC(=O)c1ccc(CN2C(=O)CCC2=O)cc1)Nc1ccccc1. The van der Waals surface area contributed by atoms with Crippen LogP contribution in [0.15, 0.2) is 54.6 Å². The highest BCUT2D eigenvalue weighted by molar-refractivity contribution is 6.01. The van der Waals surface area contributed by atoms with Crippen molar-refractivity contribution in [3.8, 4) is 0 Å². The van der Waals surface area contributed by atoms with Crippen molar-refractivity contribution in [2.75, 3.05) is 11.9 Å². The van der Waals surface area contributed by atoms with Crippen LogP contribution in [0.3, 0.4) is 0 Å². The Labute approximate surface area is 171 Å². The van der Waals surface area contributed by atoms with Crippen LogP contribution in [-0.2, 0) is 16.1 Å². The van der Waals surface area contributed by atoms with Gasteiger partial charge in [-0.2, -0.15) is 0 Å². The highest BCUT2D eigenvalue weighted by Gasteiger charge is 2.28. The Kier molecular flexibility index (Phi) is 6.65. The average Bonchev–Trinajstić information content (AvgIpc) is 3.04. The monoisotopic (exact) mass is 393 g/mol. The summed E-state index contributed by atoms with van der Waals surface area (Å²) in [5.41, 5.74) is 2.40. The smallest absolute Gasteiger partial charge is 0.251 e. The standard InChI is InChI=1S/C23H27N3O3/c1-16(2)20(25-19-6-4-3-5-7-19)14-24-23(29)18-10-8-17(9-11-18)15-26-21(27)12-13-22(26)28/h3-11,16,20,25H,12-15H2,1-2H3,(H,24,29). The molecule has 3 amide bonds. The number of hydrogen-bond acceptors (Lipinski definition) is 4. The van der Waals surface area contributed by atoms with Crippen LogP contribution in [0.5, 0.6) is 0 Å². The van der Waals surface area contributed by atoms with Gasteiger partial charge in [0.25, 0.3) is 5.91 Å². The second-order valence-corrected chi connectivity index (χ2v) is 7.64. The van der Waals surface area contributed by atoms with Crippen LogP contribution in [0.4, 0.5) is 5.69 Å². The summed E-state index contributed by atoms with van der Waals surface area (Å²) in [5.74, 6) is -0.0799. The molecule has 0 aromatic heterocycles. The van der Waals surface area contributed by atoms with E-state index in [1.165, 1.54) is 4.90 Å². The highest BCUT2D eigenvalue weighted by atomic mass is 16.2. The molecule has 2 aromatic carbocycles. The van der Waals surface area contributed by atoms with E-state index in [9.17, 15) is 14.4 Å². The summed E-state index contributed by atoms with van der Waals surface area (Å²) in [5, 5.41) is 6.45. The van der Waals surface area contributed by atoms with Gasteiger partial charge in [-0.25, -0.2) is 0 Å². The molecule has 29 heavy (non-hydrogen) atoms. The summed E-state index contributed by atoms with van der Waals surface area (Å²) in [4.78, 5) is 37.3. The zero-order valence-electron chi connectivity index (χ0n) is 16.9. The number of amides is 3. The number of carbonyl (C=O) groups excluding carboxylic acids is 3. The molecule has 0 radical (unpaired) electrons. The third kappa shape index (κ3) is 5.44. The fourth-order valence-electron chi connectivity index (χ4n) is 3.25. The number of benzene rings is 2. The Hall–Kier alpha value is -3.15. The van der Waals surface area contributed by atoms with Crippen molar-refractivity contribution in [2.24, 2.45) is 5.92 Å². The van der Waals surface area contributed by atoms with Crippen LogP contribution in [0.1, 0.15) is 42.6 Å². The number of anilines is 1. The van der Waals surface area contributed by atoms with Gasteiger partial charge in [0, 0.05) is 36.7 Å². The molecule has 0 spiro atoms. The Morgan fingerprint density at radius 1 is 0.966 bits per heavy atom. The number of nitrogens with zero attached hydrogens (tertiary/aromatic N) is 1. The predicted octanol–water partition coefficient (Wildman–Crippen LogP) is 3.20. The number of carbonyl (C=O) groups is 3. The molecular weight excluding hydrogens is 366 g/mol. The van der Waals surface area contributed by atoms with Gasteiger partial charge in [0.2, 0.25) is 11.8 Å². The number of para-hydroxylation sites is 1. The number of rotatable bonds is 8. The molecule has 0 bridgehead atoms. The second-order valence-electron chi connectivity index (χ2n) is 7.64. The largest absolute Gasteiger partial charge is 0.380 e. The van der Waals surface area contributed by atoms with E-state index in [1.807, 2.05) is 30.3 Å². The zero-order valence-corrected chi connectivity index (χ0v) is 16.9. The van der Waals surface area contributed by atoms with Gasteiger partial charge in [-0.05, 0) is 35.7 Å². The normalized spacial score (nSPS) is 14.9. The van der Waals surface area contributed by atoms with Crippen molar-refractivity contribution in [1.82, 2.24) is 10.2 Å². The van der Waals surface area contributed by atoms with Crippen LogP contribution in [0, 0.1) is 5.92 Å². The number of likely N-dealkylation sites (tertiary alicyclic amines) is 1. The van der Waals surface area contributed by atoms with Gasteiger partial charge in [-0.15, -0.1) is 0 Å². The van der Waals surface area contributed by atoms with E-state index in [1.54, 1.807) is 24.3 Å². The molecule has 6 heteroatoms. The first-order valence-electron chi connectivity index (χ1n) is 9.96. The molecule has 2 N–H and O–H groups in total. The van der Waals surface area contributed by atoms with Crippen molar-refractivity contribution in [2.45, 2.75) is 39.3 Å². The Morgan fingerprint density at radius 2 is 1.59 bits per heavy atom. The van der Waals surface area contributed by atoms with E-state index in [-0.39, 0.29) is 43.1 Å². The number of hydrogen-bond donors (Lipinski definition) is 2. The lowest BCUT2D eigenvalue weighted by Gasteiger charge is -2.24. The van der Waals surface area contributed by atoms with E-state index in [2.05, 4.69) is 24.5 Å². The molecule has 6 nitrogen and oxygen atoms in total. The predicted molar refractivity (Wildman–Crippen MR) is 112 cm³/mol. The Balaban J connectivity index is 1.55. The first-order chi connectivity index (χ1) is 13.9. The molecule has 1 aliphatic heterocycles. The Bertz CT molecular complexity index is 847. The van der Waals surface area contributed by atoms with Crippen LogP contribution < -0.4 is 10.6 Å². The molecule has 0 saturated carbocycles. The minimum atomic E-state index is -0.148. The van der Waals surface area contributed by atoms with Crippen LogP contribution >= 0.6 is 0 Å². The van der Waals surface area contributed by atoms with Crippen LogP contribution in [0.2, 0.25) is 0 Å². The molecule has 1 heterocycles. The molecule has 3 rings (SSSR count). The van der Waals surface area contributed by atoms with Gasteiger partial charge in [0.1, 0.15) is 0 Å². The van der Waals surface area contributed by atoms with Crippen molar-refractivity contribution in [3.05, 3.63) is 65.7 Å². The summed E-state index contributed by atoms with van der Waals surface area (Å²) in [6, 6.07) is 17.1. The zero-order chi connectivity index (χ0) is 20.8. The maximum Gasteiger partial charge on any atom is 0.251 e. The van der Waals surface area contributed by atoms with Crippen molar-refractivity contribution in [1.29, 1.82) is 0 Å². The molecule has 1 unspecified atom stereocenters. The maximum absolute atomic E-state index is 12.5. The summed E-state index contributed by atoms with van der Waals surface area (Å²) < 4.78 is 0. The lowest BCUT2D eigenvalue weighted by molar-refractivity contribution is -0.139. The van der Waals surface area contributed by atoms with Gasteiger partial charge in [-0.3, -0.25) is 19.3 Å². The Morgan fingerprint density at radius 3 is 2.17 bits per heavy atom. The highest BCUT2D eigenvalue weighted by Crippen LogP contribution is 2.16. The molecular formula is C23H27N3O3. The molecule has 1 atom stereocenters. The number of imide groups is 1. The van der Waals surface area contributed by atoms with Crippen molar-refractivity contribution >= 4 is 23.4 Å². The summed E-state index contributed by atoms with van der Waals surface area (Å²) in [7, 11) is 0. The first-order valence-corrected chi connectivity index (χ1v) is 9.96. The van der Waals surface area contributed by atoms with Crippen LogP contribution in [-0.4, -0.2) is 35.2 Å². The van der Waals surface area contributed by atoms with Crippen molar-refractivity contribution < 1.29 is 14.4 Å². The molecule has 1 saturated heterocycles. The summed E-state index contributed by atoms with van der Waals surface area (Å²) in [6.07, 6.45) is 0.570. The van der Waals surface area contributed by atoms with Gasteiger partial charge in [-0.1, -0.05) is 44.2 Å². The third-order valence-corrected chi connectivity index (χ3v) is 5.12. The van der Waals surface area contributed by atoms with E-state index >= 15 is 0 Å². The molecule has 1 aliphatic rings. The van der Waals surface area contributed by atoms with Gasteiger partial charge in [0.15, 0.2) is 0 Å². The molecule has 1 fully saturated rings. The van der Waals surface area contributed by atoms with E-state index < -0.39 is 0 Å². The fourth-order valence-corrected chi connectivity index (χ4v) is 3.25.